The van der Waals surface area contributed by atoms with Gasteiger partial charge in [-0.2, -0.15) is 4.98 Å². The van der Waals surface area contributed by atoms with E-state index in [1.54, 1.807) is 25.1 Å². The lowest BCUT2D eigenvalue weighted by Gasteiger charge is -2.31. The molecule has 0 radical (unpaired) electrons. The molecule has 1 aliphatic rings. The van der Waals surface area contributed by atoms with Crippen LogP contribution in [0.15, 0.2) is 36.8 Å². The molecule has 2 aromatic heterocycles. The fourth-order valence-electron chi connectivity index (χ4n) is 4.11. The number of halogens is 1. The molecule has 1 amide bonds. The van der Waals surface area contributed by atoms with Crippen LogP contribution in [-0.2, 0) is 9.53 Å². The number of hydrogen-bond donors (Lipinski definition) is 2. The Labute approximate surface area is 213 Å². The molecule has 2 N–H and O–H groups in total. The van der Waals surface area contributed by atoms with E-state index in [0.29, 0.717) is 55.5 Å². The molecule has 1 saturated heterocycles. The van der Waals surface area contributed by atoms with Gasteiger partial charge in [0.25, 0.3) is 5.91 Å². The van der Waals surface area contributed by atoms with Gasteiger partial charge in [-0.25, -0.2) is 19.3 Å². The number of aromatic nitrogens is 4. The van der Waals surface area contributed by atoms with Crippen molar-refractivity contribution in [1.82, 2.24) is 25.3 Å². The highest BCUT2D eigenvalue weighted by Crippen LogP contribution is 2.37. The molecule has 12 heteroatoms. The Morgan fingerprint density at radius 2 is 1.86 bits per heavy atom. The predicted octanol–water partition coefficient (Wildman–Crippen LogP) is 2.96. The summed E-state index contributed by atoms with van der Waals surface area (Å²) in [4.78, 5) is 43.8. The Kier molecular flexibility index (Phi) is 8.06. The molecule has 3 aromatic rings. The number of para-hydroxylation sites is 1. The van der Waals surface area contributed by atoms with Crippen molar-refractivity contribution in [3.8, 4) is 17.1 Å². The van der Waals surface area contributed by atoms with E-state index in [2.05, 4.69) is 30.6 Å². The van der Waals surface area contributed by atoms with Crippen LogP contribution < -0.4 is 20.3 Å². The standard InChI is InChI=1S/C25H28FN7O4/c1-4-37-24(35)15-8-10-33(11-9-15)25-30-14-18(23(34)27-2)22(32-25)31-19-7-5-6-17(20(19)36-3)21-28-12-16(26)13-29-21/h5-7,12-15H,4,8-11H2,1-3H3,(H,27,34)(H,30,31,32). The number of ether oxygens (including phenoxy) is 2. The second-order valence-corrected chi connectivity index (χ2v) is 8.26. The van der Waals surface area contributed by atoms with Crippen LogP contribution in [0, 0.1) is 11.7 Å². The third-order valence-corrected chi connectivity index (χ3v) is 5.98. The molecular weight excluding hydrogens is 481 g/mol. The molecule has 194 valence electrons. The molecule has 0 atom stereocenters. The minimum absolute atomic E-state index is 0.153. The van der Waals surface area contributed by atoms with E-state index >= 15 is 0 Å². The van der Waals surface area contributed by atoms with E-state index in [0.717, 1.165) is 12.4 Å². The summed E-state index contributed by atoms with van der Waals surface area (Å²) in [7, 11) is 3.01. The normalized spacial score (nSPS) is 13.7. The molecule has 11 nitrogen and oxygen atoms in total. The number of hydrogen-bond acceptors (Lipinski definition) is 10. The molecule has 1 fully saturated rings. The van der Waals surface area contributed by atoms with Crippen LogP contribution in [0.25, 0.3) is 11.4 Å². The summed E-state index contributed by atoms with van der Waals surface area (Å²) < 4.78 is 24.1. The van der Waals surface area contributed by atoms with E-state index in [9.17, 15) is 14.0 Å². The maximum Gasteiger partial charge on any atom is 0.309 e. The van der Waals surface area contributed by atoms with Gasteiger partial charge in [0, 0.05) is 26.3 Å². The van der Waals surface area contributed by atoms with Crippen LogP contribution in [0.2, 0.25) is 0 Å². The Morgan fingerprint density at radius 3 is 2.51 bits per heavy atom. The summed E-state index contributed by atoms with van der Waals surface area (Å²) in [5.41, 5.74) is 1.27. The molecule has 0 aliphatic carbocycles. The molecule has 3 heterocycles. The number of rotatable bonds is 8. The number of anilines is 3. The number of piperidine rings is 1. The molecule has 0 spiro atoms. The van der Waals surface area contributed by atoms with Crippen molar-refractivity contribution in [3.05, 3.63) is 48.2 Å². The van der Waals surface area contributed by atoms with Crippen molar-refractivity contribution in [2.45, 2.75) is 19.8 Å². The summed E-state index contributed by atoms with van der Waals surface area (Å²) in [5.74, 6) is 0.117. The lowest BCUT2D eigenvalue weighted by atomic mass is 9.97. The number of esters is 1. The first-order valence-corrected chi connectivity index (χ1v) is 11.9. The fraction of sp³-hybridized carbons (Fsp3) is 0.360. The lowest BCUT2D eigenvalue weighted by Crippen LogP contribution is -2.38. The average Bonchev–Trinajstić information content (AvgIpc) is 2.93. The number of benzene rings is 1. The Bertz CT molecular complexity index is 1260. The molecule has 0 bridgehead atoms. The highest BCUT2D eigenvalue weighted by molar-refractivity contribution is 5.99. The quantitative estimate of drug-likeness (QED) is 0.437. The van der Waals surface area contributed by atoms with Crippen molar-refractivity contribution in [2.24, 2.45) is 5.92 Å². The molecule has 0 unspecified atom stereocenters. The third-order valence-electron chi connectivity index (χ3n) is 5.98. The summed E-state index contributed by atoms with van der Waals surface area (Å²) in [6, 6.07) is 5.26. The van der Waals surface area contributed by atoms with Crippen molar-refractivity contribution < 1.29 is 23.5 Å². The molecule has 4 rings (SSSR count). The van der Waals surface area contributed by atoms with Crippen LogP contribution in [0.4, 0.5) is 21.8 Å². The van der Waals surface area contributed by atoms with Crippen LogP contribution in [-0.4, -0.2) is 65.7 Å². The zero-order valence-electron chi connectivity index (χ0n) is 20.8. The summed E-state index contributed by atoms with van der Waals surface area (Å²) in [5, 5.41) is 5.78. The first-order chi connectivity index (χ1) is 17.9. The molecule has 1 aliphatic heterocycles. The highest BCUT2D eigenvalue weighted by Gasteiger charge is 2.28. The van der Waals surface area contributed by atoms with Crippen molar-refractivity contribution >= 4 is 29.3 Å². The number of carbonyl (C=O) groups is 2. The van der Waals surface area contributed by atoms with Crippen molar-refractivity contribution in [2.75, 3.05) is 44.1 Å². The van der Waals surface area contributed by atoms with Crippen molar-refractivity contribution in [3.63, 3.8) is 0 Å². The number of nitrogens with one attached hydrogen (secondary N) is 2. The van der Waals surface area contributed by atoms with Crippen LogP contribution in [0.5, 0.6) is 5.75 Å². The van der Waals surface area contributed by atoms with E-state index in [4.69, 9.17) is 9.47 Å². The minimum Gasteiger partial charge on any atom is -0.494 e. The second-order valence-electron chi connectivity index (χ2n) is 8.26. The van der Waals surface area contributed by atoms with Gasteiger partial charge in [-0.1, -0.05) is 6.07 Å². The van der Waals surface area contributed by atoms with Gasteiger partial charge in [-0.05, 0) is 31.9 Å². The lowest BCUT2D eigenvalue weighted by molar-refractivity contribution is -0.148. The summed E-state index contributed by atoms with van der Waals surface area (Å²) in [6.07, 6.45) is 4.85. The van der Waals surface area contributed by atoms with Gasteiger partial charge in [0.1, 0.15) is 11.4 Å². The van der Waals surface area contributed by atoms with Gasteiger partial charge in [0.15, 0.2) is 17.4 Å². The maximum atomic E-state index is 13.3. The van der Waals surface area contributed by atoms with Gasteiger partial charge in [0.2, 0.25) is 5.95 Å². The fourth-order valence-corrected chi connectivity index (χ4v) is 4.11. The monoisotopic (exact) mass is 509 g/mol. The predicted molar refractivity (Wildman–Crippen MR) is 134 cm³/mol. The first-order valence-electron chi connectivity index (χ1n) is 11.9. The minimum atomic E-state index is -0.549. The third kappa shape index (κ3) is 5.74. The topological polar surface area (TPSA) is 131 Å². The molecule has 1 aromatic carbocycles. The molecule has 0 saturated carbocycles. The molecule has 37 heavy (non-hydrogen) atoms. The largest absolute Gasteiger partial charge is 0.494 e. The van der Waals surface area contributed by atoms with Crippen molar-refractivity contribution in [1.29, 1.82) is 0 Å². The second kappa shape index (κ2) is 11.6. The number of amides is 1. The first kappa shape index (κ1) is 25.7. The van der Waals surface area contributed by atoms with E-state index in [-0.39, 0.29) is 35.0 Å². The van der Waals surface area contributed by atoms with Gasteiger partial charge in [-0.15, -0.1) is 0 Å². The molecular formula is C25H28FN7O4. The Balaban J connectivity index is 1.64. The van der Waals surface area contributed by atoms with Crippen LogP contribution in [0.1, 0.15) is 30.1 Å². The van der Waals surface area contributed by atoms with Crippen LogP contribution in [0.3, 0.4) is 0 Å². The van der Waals surface area contributed by atoms with E-state index in [1.807, 2.05) is 4.90 Å². The number of methoxy groups -OCH3 is 1. The van der Waals surface area contributed by atoms with Gasteiger partial charge in [0.05, 0.1) is 43.3 Å². The zero-order valence-corrected chi connectivity index (χ0v) is 20.8. The van der Waals surface area contributed by atoms with Gasteiger partial charge in [-0.3, -0.25) is 9.59 Å². The van der Waals surface area contributed by atoms with E-state index in [1.165, 1.54) is 20.4 Å². The smallest absolute Gasteiger partial charge is 0.309 e. The van der Waals surface area contributed by atoms with Crippen LogP contribution >= 0.6 is 0 Å². The Hall–Kier alpha value is -4.35. The summed E-state index contributed by atoms with van der Waals surface area (Å²) in [6.45, 7) is 3.29. The highest BCUT2D eigenvalue weighted by atomic mass is 19.1. The van der Waals surface area contributed by atoms with E-state index < -0.39 is 5.82 Å². The van der Waals surface area contributed by atoms with Gasteiger partial charge < -0.3 is 25.0 Å². The zero-order chi connectivity index (χ0) is 26.4. The number of nitrogens with zero attached hydrogens (tertiary/aromatic N) is 5. The average molecular weight is 510 g/mol. The number of carbonyl (C=O) groups excluding carboxylic acids is 2. The van der Waals surface area contributed by atoms with Gasteiger partial charge >= 0.3 is 5.97 Å². The Morgan fingerprint density at radius 1 is 1.14 bits per heavy atom. The summed E-state index contributed by atoms with van der Waals surface area (Å²) >= 11 is 0. The SMILES string of the molecule is CCOC(=O)C1CCN(c2ncc(C(=O)NC)c(Nc3cccc(-c4ncc(F)cn4)c3OC)n2)CC1. The maximum absolute atomic E-state index is 13.3.